The minimum atomic E-state index is -1.19. The fraction of sp³-hybridized carbons (Fsp3) is 0.267. The van der Waals surface area contributed by atoms with Crippen molar-refractivity contribution in [1.82, 2.24) is 9.97 Å². The van der Waals surface area contributed by atoms with Gasteiger partial charge in [0, 0.05) is 12.7 Å². The van der Waals surface area contributed by atoms with Crippen molar-refractivity contribution in [1.29, 1.82) is 0 Å². The van der Waals surface area contributed by atoms with E-state index in [1.807, 2.05) is 6.92 Å². The number of hydrogen-bond donors (Lipinski definition) is 3. The standard InChI is InChI=1S/C15H16BN3O5/c1-8-2-10(23-13-7-18-6-9(5-17)19-13)3-11-15(8)12(4-14(20)21)24-16(11)22/h2-3,6-7,12,22H,4-5,17H2,1H3,(H,20,21). The maximum atomic E-state index is 10.9. The molecule has 1 aromatic carbocycles. The third-order valence-corrected chi connectivity index (χ3v) is 3.73. The first-order valence-corrected chi connectivity index (χ1v) is 7.36. The zero-order valence-corrected chi connectivity index (χ0v) is 13.0. The van der Waals surface area contributed by atoms with Crippen LogP contribution in [-0.4, -0.2) is 33.2 Å². The average Bonchev–Trinajstić information content (AvgIpc) is 2.83. The summed E-state index contributed by atoms with van der Waals surface area (Å²) in [5.74, 6) is -0.255. The van der Waals surface area contributed by atoms with Crippen molar-refractivity contribution in [3.05, 3.63) is 41.3 Å². The largest absolute Gasteiger partial charge is 0.492 e. The fourth-order valence-corrected chi connectivity index (χ4v) is 2.75. The molecule has 8 nitrogen and oxygen atoms in total. The molecule has 2 aromatic rings. The van der Waals surface area contributed by atoms with Crippen LogP contribution in [0.4, 0.5) is 0 Å². The molecule has 0 spiro atoms. The van der Waals surface area contributed by atoms with Crippen LogP contribution in [0.15, 0.2) is 24.5 Å². The first-order valence-electron chi connectivity index (χ1n) is 7.36. The van der Waals surface area contributed by atoms with Gasteiger partial charge in [0.2, 0.25) is 5.88 Å². The summed E-state index contributed by atoms with van der Waals surface area (Å²) in [5.41, 5.74) is 8.07. The van der Waals surface area contributed by atoms with Crippen LogP contribution in [0, 0.1) is 6.92 Å². The first kappa shape index (κ1) is 16.4. The molecule has 0 aliphatic carbocycles. The zero-order valence-electron chi connectivity index (χ0n) is 13.0. The van der Waals surface area contributed by atoms with Crippen LogP contribution < -0.4 is 15.9 Å². The van der Waals surface area contributed by atoms with E-state index in [1.54, 1.807) is 18.3 Å². The second-order valence-electron chi connectivity index (χ2n) is 5.47. The molecule has 124 valence electrons. The molecular formula is C15H16BN3O5. The molecule has 3 rings (SSSR count). The summed E-state index contributed by atoms with van der Waals surface area (Å²) in [6.45, 7) is 2.06. The topological polar surface area (TPSA) is 128 Å². The van der Waals surface area contributed by atoms with E-state index in [1.165, 1.54) is 6.20 Å². The summed E-state index contributed by atoms with van der Waals surface area (Å²) in [6, 6.07) is 3.36. The highest BCUT2D eigenvalue weighted by molar-refractivity contribution is 6.62. The monoisotopic (exact) mass is 329 g/mol. The number of aromatic nitrogens is 2. The molecule has 4 N–H and O–H groups in total. The molecule has 1 aromatic heterocycles. The number of fused-ring (bicyclic) bond motifs is 1. The van der Waals surface area contributed by atoms with Gasteiger partial charge in [-0.25, -0.2) is 4.98 Å². The molecule has 2 heterocycles. The van der Waals surface area contributed by atoms with E-state index in [0.29, 0.717) is 22.5 Å². The minimum absolute atomic E-state index is 0.213. The Morgan fingerprint density at radius 3 is 2.96 bits per heavy atom. The van der Waals surface area contributed by atoms with Crippen molar-refractivity contribution in [3.8, 4) is 11.6 Å². The lowest BCUT2D eigenvalue weighted by atomic mass is 9.77. The minimum Gasteiger partial charge on any atom is -0.481 e. The lowest BCUT2D eigenvalue weighted by Crippen LogP contribution is -2.28. The molecule has 9 heteroatoms. The van der Waals surface area contributed by atoms with Crippen LogP contribution in [-0.2, 0) is 16.0 Å². The molecule has 0 saturated carbocycles. The highest BCUT2D eigenvalue weighted by Gasteiger charge is 2.37. The summed E-state index contributed by atoms with van der Waals surface area (Å²) < 4.78 is 11.0. The van der Waals surface area contributed by atoms with Gasteiger partial charge in [0.15, 0.2) is 0 Å². The van der Waals surface area contributed by atoms with Crippen LogP contribution in [0.5, 0.6) is 11.6 Å². The van der Waals surface area contributed by atoms with Gasteiger partial charge < -0.3 is 25.3 Å². The highest BCUT2D eigenvalue weighted by Crippen LogP contribution is 2.32. The van der Waals surface area contributed by atoms with Crippen molar-refractivity contribution in [3.63, 3.8) is 0 Å². The molecule has 1 unspecified atom stereocenters. The number of nitrogens with zero attached hydrogens (tertiary/aromatic N) is 2. The van der Waals surface area contributed by atoms with Crippen LogP contribution in [0.1, 0.15) is 29.3 Å². The SMILES string of the molecule is Cc1cc(Oc2cncc(CN)n2)cc2c1C(CC(=O)O)OB2O. The number of ether oxygens (including phenoxy) is 1. The lowest BCUT2D eigenvalue weighted by Gasteiger charge is -2.13. The first-order chi connectivity index (χ1) is 11.5. The van der Waals surface area contributed by atoms with E-state index in [2.05, 4.69) is 9.97 Å². The van der Waals surface area contributed by atoms with Gasteiger partial charge in [-0.05, 0) is 35.6 Å². The number of aliphatic carboxylic acids is 1. The molecule has 0 amide bonds. The second-order valence-corrected chi connectivity index (χ2v) is 5.47. The number of carboxylic acid groups (broad SMARTS) is 1. The van der Waals surface area contributed by atoms with Gasteiger partial charge in [0.1, 0.15) is 5.75 Å². The zero-order chi connectivity index (χ0) is 17.3. The third kappa shape index (κ3) is 3.23. The van der Waals surface area contributed by atoms with Gasteiger partial charge in [0.05, 0.1) is 24.4 Å². The van der Waals surface area contributed by atoms with E-state index in [9.17, 15) is 9.82 Å². The molecule has 0 saturated heterocycles. The van der Waals surface area contributed by atoms with Crippen molar-refractivity contribution in [2.75, 3.05) is 0 Å². The summed E-state index contributed by atoms with van der Waals surface area (Å²) in [5, 5.41) is 19.0. The predicted molar refractivity (Wildman–Crippen MR) is 84.9 cm³/mol. The van der Waals surface area contributed by atoms with Gasteiger partial charge in [-0.2, -0.15) is 0 Å². The highest BCUT2D eigenvalue weighted by atomic mass is 16.5. The summed E-state index contributed by atoms with van der Waals surface area (Å²) in [4.78, 5) is 19.1. The Labute approximate surface area is 138 Å². The lowest BCUT2D eigenvalue weighted by molar-refractivity contribution is -0.138. The van der Waals surface area contributed by atoms with Crippen LogP contribution in [0.25, 0.3) is 0 Å². The molecule has 0 fully saturated rings. The number of benzene rings is 1. The van der Waals surface area contributed by atoms with E-state index >= 15 is 0 Å². The number of carbonyl (C=O) groups is 1. The number of carboxylic acids is 1. The maximum Gasteiger partial charge on any atom is 0.492 e. The third-order valence-electron chi connectivity index (χ3n) is 3.73. The van der Waals surface area contributed by atoms with Crippen molar-refractivity contribution in [2.24, 2.45) is 5.73 Å². The Bertz CT molecular complexity index is 786. The Balaban J connectivity index is 1.91. The summed E-state index contributed by atoms with van der Waals surface area (Å²) >= 11 is 0. The molecule has 1 aliphatic rings. The fourth-order valence-electron chi connectivity index (χ4n) is 2.75. The smallest absolute Gasteiger partial charge is 0.481 e. The quantitative estimate of drug-likeness (QED) is 0.667. The molecule has 1 aliphatic heterocycles. The molecule has 0 bridgehead atoms. The predicted octanol–water partition coefficient (Wildman–Crippen LogP) is 0.270. The number of aryl methyl sites for hydroxylation is 1. The average molecular weight is 329 g/mol. The van der Waals surface area contributed by atoms with Crippen LogP contribution in [0.3, 0.4) is 0 Å². The van der Waals surface area contributed by atoms with E-state index in [0.717, 1.165) is 5.56 Å². The molecule has 24 heavy (non-hydrogen) atoms. The molecule has 1 atom stereocenters. The molecule has 0 radical (unpaired) electrons. The van der Waals surface area contributed by atoms with Crippen molar-refractivity contribution < 1.29 is 24.3 Å². The van der Waals surface area contributed by atoms with Gasteiger partial charge in [-0.3, -0.25) is 9.78 Å². The van der Waals surface area contributed by atoms with Crippen LogP contribution >= 0.6 is 0 Å². The second kappa shape index (κ2) is 6.56. The maximum absolute atomic E-state index is 10.9. The number of nitrogens with two attached hydrogens (primary N) is 1. The van der Waals surface area contributed by atoms with Crippen molar-refractivity contribution >= 4 is 18.6 Å². The Morgan fingerprint density at radius 2 is 2.25 bits per heavy atom. The Morgan fingerprint density at radius 1 is 1.46 bits per heavy atom. The van der Waals surface area contributed by atoms with Gasteiger partial charge in [0.25, 0.3) is 0 Å². The van der Waals surface area contributed by atoms with E-state index in [-0.39, 0.29) is 18.8 Å². The van der Waals surface area contributed by atoms with E-state index < -0.39 is 19.2 Å². The van der Waals surface area contributed by atoms with Gasteiger partial charge in [-0.15, -0.1) is 0 Å². The molecular weight excluding hydrogens is 313 g/mol. The number of rotatable bonds is 5. The summed E-state index contributed by atoms with van der Waals surface area (Å²) in [7, 11) is -1.19. The normalized spacial score (nSPS) is 16.1. The number of hydrogen-bond acceptors (Lipinski definition) is 7. The van der Waals surface area contributed by atoms with Crippen LogP contribution in [0.2, 0.25) is 0 Å². The summed E-state index contributed by atoms with van der Waals surface area (Å²) in [6.07, 6.45) is 2.12. The Kier molecular flexibility index (Phi) is 4.47. The van der Waals surface area contributed by atoms with Crippen molar-refractivity contribution in [2.45, 2.75) is 26.0 Å². The van der Waals surface area contributed by atoms with Gasteiger partial charge >= 0.3 is 13.1 Å². The van der Waals surface area contributed by atoms with Gasteiger partial charge in [-0.1, -0.05) is 0 Å². The van der Waals surface area contributed by atoms with E-state index in [4.69, 9.17) is 20.2 Å². The Hall–Kier alpha value is -2.49.